The number of ether oxygens (including phenoxy) is 1. The predicted octanol–water partition coefficient (Wildman–Crippen LogP) is 2.10. The Hall–Kier alpha value is -1.37. The Bertz CT molecular complexity index is 526. The van der Waals surface area contributed by atoms with Crippen LogP contribution in [0.15, 0.2) is 23.8 Å². The molecule has 1 aliphatic rings. The molecule has 0 spiro atoms. The standard InChI is InChI=1S/C15H22BNO4/c1-14(2)15(3,4)21-16(20-14)12(10-18)9-11-7-6-8-17-13(11)19-5/h6-9,18H,10H2,1-5H3. The highest BCUT2D eigenvalue weighted by atomic mass is 16.7. The molecule has 2 rings (SSSR count). The quantitative estimate of drug-likeness (QED) is 0.861. The summed E-state index contributed by atoms with van der Waals surface area (Å²) in [7, 11) is 0.984. The van der Waals surface area contributed by atoms with Crippen LogP contribution in [0.4, 0.5) is 0 Å². The second-order valence-electron chi connectivity index (χ2n) is 6.07. The Morgan fingerprint density at radius 3 is 2.48 bits per heavy atom. The SMILES string of the molecule is COc1ncccc1C=C(CO)B1OC(C)(C)C(C)(C)O1. The van der Waals surface area contributed by atoms with Gasteiger partial charge in [-0.05, 0) is 45.3 Å². The van der Waals surface area contributed by atoms with Gasteiger partial charge in [-0.15, -0.1) is 0 Å². The first kappa shape index (κ1) is 16.0. The number of nitrogens with zero attached hydrogens (tertiary/aromatic N) is 1. The molecule has 0 saturated carbocycles. The van der Waals surface area contributed by atoms with Crippen molar-refractivity contribution in [2.75, 3.05) is 13.7 Å². The maximum Gasteiger partial charge on any atom is 0.492 e. The van der Waals surface area contributed by atoms with Crippen LogP contribution in [0.1, 0.15) is 33.3 Å². The number of aromatic nitrogens is 1. The van der Waals surface area contributed by atoms with E-state index in [2.05, 4.69) is 4.98 Å². The van der Waals surface area contributed by atoms with Gasteiger partial charge in [0.2, 0.25) is 5.88 Å². The molecule has 0 unspecified atom stereocenters. The van der Waals surface area contributed by atoms with Crippen LogP contribution in [-0.4, -0.2) is 42.1 Å². The van der Waals surface area contributed by atoms with Crippen molar-refractivity contribution >= 4 is 13.2 Å². The largest absolute Gasteiger partial charge is 0.492 e. The van der Waals surface area contributed by atoms with Crippen LogP contribution >= 0.6 is 0 Å². The van der Waals surface area contributed by atoms with Crippen molar-refractivity contribution in [1.29, 1.82) is 0 Å². The third kappa shape index (κ3) is 3.12. The number of hydrogen-bond donors (Lipinski definition) is 1. The zero-order valence-electron chi connectivity index (χ0n) is 13.2. The van der Waals surface area contributed by atoms with Crippen LogP contribution in [0, 0.1) is 0 Å². The van der Waals surface area contributed by atoms with E-state index in [9.17, 15) is 5.11 Å². The highest BCUT2D eigenvalue weighted by Crippen LogP contribution is 2.38. The van der Waals surface area contributed by atoms with Gasteiger partial charge in [0.05, 0.1) is 24.9 Å². The number of aliphatic hydroxyl groups excluding tert-OH is 1. The van der Waals surface area contributed by atoms with Gasteiger partial charge >= 0.3 is 7.12 Å². The van der Waals surface area contributed by atoms with E-state index in [4.69, 9.17) is 14.0 Å². The summed E-state index contributed by atoms with van der Waals surface area (Å²) in [4.78, 5) is 4.14. The highest BCUT2D eigenvalue weighted by molar-refractivity contribution is 6.55. The Morgan fingerprint density at radius 1 is 1.33 bits per heavy atom. The van der Waals surface area contributed by atoms with Crippen molar-refractivity contribution in [2.24, 2.45) is 0 Å². The molecule has 1 aromatic heterocycles. The lowest BCUT2D eigenvalue weighted by Crippen LogP contribution is -2.41. The van der Waals surface area contributed by atoms with Gasteiger partial charge in [0, 0.05) is 11.8 Å². The molecular weight excluding hydrogens is 269 g/mol. The van der Waals surface area contributed by atoms with E-state index in [-0.39, 0.29) is 6.61 Å². The summed E-state index contributed by atoms with van der Waals surface area (Å²) in [5.74, 6) is 0.500. The number of aliphatic hydroxyl groups is 1. The van der Waals surface area contributed by atoms with Crippen molar-refractivity contribution in [1.82, 2.24) is 4.98 Å². The molecule has 1 N–H and O–H groups in total. The van der Waals surface area contributed by atoms with E-state index in [0.29, 0.717) is 11.4 Å². The molecule has 6 heteroatoms. The molecule has 5 nitrogen and oxygen atoms in total. The maximum atomic E-state index is 9.66. The molecule has 1 saturated heterocycles. The molecule has 0 bridgehead atoms. The summed E-state index contributed by atoms with van der Waals surface area (Å²) < 4.78 is 17.1. The molecule has 0 amide bonds. The van der Waals surface area contributed by atoms with Crippen molar-refractivity contribution in [3.05, 3.63) is 29.4 Å². The Kier molecular flexibility index (Phi) is 4.42. The van der Waals surface area contributed by atoms with E-state index >= 15 is 0 Å². The molecule has 21 heavy (non-hydrogen) atoms. The van der Waals surface area contributed by atoms with Crippen molar-refractivity contribution in [3.63, 3.8) is 0 Å². The first-order valence-corrected chi connectivity index (χ1v) is 6.96. The fraction of sp³-hybridized carbons (Fsp3) is 0.533. The maximum absolute atomic E-state index is 9.66. The topological polar surface area (TPSA) is 60.8 Å². The minimum absolute atomic E-state index is 0.158. The smallest absolute Gasteiger partial charge is 0.481 e. The van der Waals surface area contributed by atoms with E-state index < -0.39 is 18.3 Å². The number of rotatable bonds is 4. The zero-order chi connectivity index (χ0) is 15.7. The second kappa shape index (κ2) is 5.79. The summed E-state index contributed by atoms with van der Waals surface area (Å²) in [5, 5.41) is 9.66. The molecule has 0 aromatic carbocycles. The Morgan fingerprint density at radius 2 is 1.95 bits per heavy atom. The molecule has 1 aliphatic heterocycles. The van der Waals surface area contributed by atoms with Crippen LogP contribution in [0.2, 0.25) is 0 Å². The second-order valence-corrected chi connectivity index (χ2v) is 6.07. The van der Waals surface area contributed by atoms with E-state index in [1.165, 1.54) is 0 Å². The lowest BCUT2D eigenvalue weighted by molar-refractivity contribution is 0.00578. The molecule has 2 heterocycles. The molecule has 1 aromatic rings. The van der Waals surface area contributed by atoms with Gasteiger partial charge in [0.25, 0.3) is 0 Å². The van der Waals surface area contributed by atoms with Crippen LogP contribution in [0.5, 0.6) is 5.88 Å². The average molecular weight is 291 g/mol. The van der Waals surface area contributed by atoms with Crippen molar-refractivity contribution < 1.29 is 19.2 Å². The fourth-order valence-electron chi connectivity index (χ4n) is 2.07. The van der Waals surface area contributed by atoms with Gasteiger partial charge in [-0.3, -0.25) is 0 Å². The van der Waals surface area contributed by atoms with Gasteiger partial charge < -0.3 is 19.2 Å². The van der Waals surface area contributed by atoms with Crippen LogP contribution in [0.25, 0.3) is 6.08 Å². The van der Waals surface area contributed by atoms with Gasteiger partial charge in [-0.1, -0.05) is 6.08 Å². The van der Waals surface area contributed by atoms with Crippen molar-refractivity contribution in [3.8, 4) is 5.88 Å². The third-order valence-electron chi connectivity index (χ3n) is 4.07. The molecule has 0 atom stereocenters. The molecule has 0 radical (unpaired) electrons. The van der Waals surface area contributed by atoms with Crippen LogP contribution < -0.4 is 4.74 Å². The summed E-state index contributed by atoms with van der Waals surface area (Å²) in [6.45, 7) is 7.76. The average Bonchev–Trinajstić information content (AvgIpc) is 2.65. The lowest BCUT2D eigenvalue weighted by atomic mass is 9.77. The molecule has 114 valence electrons. The normalized spacial score (nSPS) is 20.7. The molecule has 1 fully saturated rings. The van der Waals surface area contributed by atoms with Gasteiger partial charge in [-0.2, -0.15) is 0 Å². The molecular formula is C15H22BNO4. The van der Waals surface area contributed by atoms with Crippen LogP contribution in [-0.2, 0) is 9.31 Å². The van der Waals surface area contributed by atoms with E-state index in [1.807, 2.05) is 39.8 Å². The first-order valence-electron chi connectivity index (χ1n) is 6.96. The van der Waals surface area contributed by atoms with Gasteiger partial charge in [0.15, 0.2) is 0 Å². The lowest BCUT2D eigenvalue weighted by Gasteiger charge is -2.32. The predicted molar refractivity (Wildman–Crippen MR) is 81.9 cm³/mol. The summed E-state index contributed by atoms with van der Waals surface area (Å²) in [5.41, 5.74) is 0.536. The number of pyridine rings is 1. The van der Waals surface area contributed by atoms with Gasteiger partial charge in [0.1, 0.15) is 0 Å². The highest BCUT2D eigenvalue weighted by Gasteiger charge is 2.52. The van der Waals surface area contributed by atoms with E-state index in [0.717, 1.165) is 5.56 Å². The van der Waals surface area contributed by atoms with Crippen molar-refractivity contribution in [2.45, 2.75) is 38.9 Å². The fourth-order valence-corrected chi connectivity index (χ4v) is 2.07. The van der Waals surface area contributed by atoms with Gasteiger partial charge in [-0.25, -0.2) is 4.98 Å². The Balaban J connectivity index is 2.31. The first-order chi connectivity index (χ1) is 9.80. The summed E-state index contributed by atoms with van der Waals surface area (Å²) in [6.07, 6.45) is 3.46. The number of hydrogen-bond acceptors (Lipinski definition) is 5. The summed E-state index contributed by atoms with van der Waals surface area (Å²) in [6, 6.07) is 3.68. The number of methoxy groups -OCH3 is 1. The minimum atomic E-state index is -0.579. The minimum Gasteiger partial charge on any atom is -0.481 e. The summed E-state index contributed by atoms with van der Waals surface area (Å²) >= 11 is 0. The molecule has 0 aliphatic carbocycles. The van der Waals surface area contributed by atoms with Crippen LogP contribution in [0.3, 0.4) is 0 Å². The zero-order valence-corrected chi connectivity index (χ0v) is 13.2. The Labute approximate surface area is 126 Å². The third-order valence-corrected chi connectivity index (χ3v) is 4.07. The van der Waals surface area contributed by atoms with E-state index in [1.54, 1.807) is 19.4 Å². The monoisotopic (exact) mass is 291 g/mol.